The fraction of sp³-hybridized carbons (Fsp3) is 0.753. The van der Waals surface area contributed by atoms with Crippen LogP contribution in [-0.2, 0) is 75.1 Å². The van der Waals surface area contributed by atoms with Crippen molar-refractivity contribution in [3.05, 3.63) is 95.1 Å². The molecule has 3 radical (unpaired) electrons. The third kappa shape index (κ3) is 20.4. The van der Waals surface area contributed by atoms with Gasteiger partial charge in [-0.2, -0.15) is 0 Å². The van der Waals surface area contributed by atoms with Crippen molar-refractivity contribution in [2.75, 3.05) is 45.8 Å². The first kappa shape index (κ1) is 96.9. The maximum atomic E-state index is 12.8. The summed E-state index contributed by atoms with van der Waals surface area (Å²) in [4.78, 5) is 97.5. The van der Waals surface area contributed by atoms with Crippen LogP contribution in [0.1, 0.15) is 274 Å². The van der Waals surface area contributed by atoms with Gasteiger partial charge < -0.3 is 63.8 Å². The molecule has 0 bridgehead atoms. The monoisotopic (exact) mass is 1670 g/mol. The SMILES string of the molecule is C.CC(=O)OOC(C)=O.C[C@@H]1CN[C@H]2[C@@H](C)[C@@]3(CC[C@H]4[C@@H]5CC=C6C[C@@H](O)CC[C@]6(C)[C@H]5CC45CC53C)O[C@@H]2C1.C[C@H]1C[C@H]2O[C@]3(CC[C@H]4[C@@H]5CC=C6C[C@@H](O)CC[C@]6(C)[C@H]5CC45CC53C)[C@H](C)[C@@H]2N(CCNC(=O)CCCCCNC(=O)CCc2ccccc2)C1.O=CCNC(=O)CCCCCNC(=O)CCc1ccccc1.[B-]OC(C)=O.[Na+]. The molecule has 12 fully saturated rings. The number of aliphatic hydroxyl groups excluding tert-OH is 2. The number of nitrogens with zero attached hydrogens (tertiary/aromatic N) is 1. The van der Waals surface area contributed by atoms with Crippen LogP contribution in [0.2, 0.25) is 0 Å². The van der Waals surface area contributed by atoms with Crippen LogP contribution in [0.3, 0.4) is 0 Å². The van der Waals surface area contributed by atoms with Crippen LogP contribution in [0.25, 0.3) is 0 Å². The number of likely N-dealkylation sites (tertiary alicyclic amines) is 1. The van der Waals surface area contributed by atoms with Crippen LogP contribution in [-0.4, -0.2) is 164 Å². The number of aliphatic hydroxyl groups is 2. The van der Waals surface area contributed by atoms with Gasteiger partial charge in [-0.05, 0) is 241 Å². The van der Waals surface area contributed by atoms with Gasteiger partial charge in [-0.25, -0.2) is 19.4 Å². The van der Waals surface area contributed by atoms with E-state index in [0.717, 1.165) is 165 Å². The Morgan fingerprint density at radius 1 is 0.558 bits per heavy atom. The zero-order valence-electron chi connectivity index (χ0n) is 74.1. The minimum Gasteiger partial charge on any atom is -0.793 e. The average Bonchev–Trinajstić information content (AvgIpc) is 1.46. The smallest absolute Gasteiger partial charge is 0.793 e. The van der Waals surface area contributed by atoms with Crippen molar-refractivity contribution >= 4 is 55.9 Å². The van der Waals surface area contributed by atoms with E-state index in [1.807, 2.05) is 48.5 Å². The Hall–Kier alpha value is -5.30. The number of amides is 4. The molecule has 4 aliphatic heterocycles. The number of fused-ring (bicyclic) bond motifs is 12. The van der Waals surface area contributed by atoms with E-state index in [9.17, 15) is 48.6 Å². The molecule has 2 aromatic carbocycles. The van der Waals surface area contributed by atoms with E-state index in [0.29, 0.717) is 109 Å². The number of allylic oxidation sites excluding steroid dienone is 2. The summed E-state index contributed by atoms with van der Waals surface area (Å²) < 4.78 is 18.4. The van der Waals surface area contributed by atoms with E-state index < -0.39 is 17.9 Å². The summed E-state index contributed by atoms with van der Waals surface area (Å²) >= 11 is 0. The number of ether oxygens (including phenoxy) is 2. The van der Waals surface area contributed by atoms with Gasteiger partial charge in [0.05, 0.1) is 42.2 Å². The molecule has 4 unspecified atom stereocenters. The van der Waals surface area contributed by atoms with Gasteiger partial charge in [0, 0.05) is 114 Å². The molecule has 7 N–H and O–H groups in total. The van der Waals surface area contributed by atoms with Gasteiger partial charge in [-0.1, -0.05) is 160 Å². The fourth-order valence-corrected chi connectivity index (χ4v) is 27.2. The molecule has 24 atom stereocenters. The van der Waals surface area contributed by atoms with Gasteiger partial charge >= 0.3 is 41.5 Å². The van der Waals surface area contributed by atoms with E-state index in [1.165, 1.54) is 95.1 Å². The Bertz CT molecular complexity index is 3880. The van der Waals surface area contributed by atoms with E-state index in [2.05, 4.69) is 134 Å². The summed E-state index contributed by atoms with van der Waals surface area (Å²) in [7, 11) is 4.32. The molecular formula is C97H147BN6NaO15. The first-order valence-electron chi connectivity index (χ1n) is 45.7. The van der Waals surface area contributed by atoms with E-state index in [1.54, 1.807) is 11.1 Å². The summed E-state index contributed by atoms with van der Waals surface area (Å²) in [5.74, 6) is 5.91. The number of carbonyl (C=O) groups is 8. The summed E-state index contributed by atoms with van der Waals surface area (Å²) in [5.41, 5.74) is 7.77. The number of aryl methyl sites for hydroxylation is 2. The van der Waals surface area contributed by atoms with Gasteiger partial charge in [-0.3, -0.25) is 28.9 Å². The predicted molar refractivity (Wildman–Crippen MR) is 461 cm³/mol. The van der Waals surface area contributed by atoms with Crippen molar-refractivity contribution in [1.82, 2.24) is 31.5 Å². The molecule has 4 spiro atoms. The summed E-state index contributed by atoms with van der Waals surface area (Å²) in [5, 5.41) is 36.4. The van der Waals surface area contributed by atoms with Crippen molar-refractivity contribution in [2.45, 2.75) is 324 Å². The Labute approximate surface area is 741 Å². The normalized spacial score (nSPS) is 37.9. The van der Waals surface area contributed by atoms with E-state index >= 15 is 0 Å². The predicted octanol–water partition coefficient (Wildman–Crippen LogP) is 11.2. The van der Waals surface area contributed by atoms with Crippen molar-refractivity contribution in [3.63, 3.8) is 0 Å². The zero-order valence-corrected chi connectivity index (χ0v) is 76.1. The number of unbranched alkanes of at least 4 members (excludes halogenated alkanes) is 4. The number of carbonyl (C=O) groups excluding carboxylic acids is 8. The summed E-state index contributed by atoms with van der Waals surface area (Å²) in [6, 6.07) is 21.1. The molecule has 659 valence electrons. The molecule has 21 nitrogen and oxygen atoms in total. The van der Waals surface area contributed by atoms with Gasteiger partial charge in [0.2, 0.25) is 29.6 Å². The number of hydrogen-bond donors (Lipinski definition) is 7. The third-order valence-electron chi connectivity index (χ3n) is 33.0. The zero-order chi connectivity index (χ0) is 84.6. The maximum Gasteiger partial charge on any atom is 1.00 e. The molecular weight excluding hydrogens is 1520 g/mol. The minimum absolute atomic E-state index is 0. The van der Waals surface area contributed by atoms with E-state index in [4.69, 9.17) is 9.47 Å². The van der Waals surface area contributed by atoms with Gasteiger partial charge in [0.25, 0.3) is 0 Å². The Kier molecular flexibility index (Phi) is 33.5. The van der Waals surface area contributed by atoms with Crippen molar-refractivity contribution in [3.8, 4) is 0 Å². The molecule has 120 heavy (non-hydrogen) atoms. The summed E-state index contributed by atoms with van der Waals surface area (Å²) in [6.45, 7) is 29.0. The van der Waals surface area contributed by atoms with Gasteiger partial charge in [-0.15, -0.1) is 0 Å². The molecule has 23 heteroatoms. The topological polar surface area (TPSA) is 287 Å². The molecule has 10 aliphatic carbocycles. The molecule has 8 saturated carbocycles. The molecule has 4 saturated heterocycles. The fourth-order valence-electron chi connectivity index (χ4n) is 27.2. The number of rotatable bonds is 23. The number of piperidine rings is 2. The van der Waals surface area contributed by atoms with Crippen LogP contribution in [0, 0.1) is 91.7 Å². The molecule has 2 aromatic rings. The maximum absolute atomic E-state index is 12.8. The quantitative estimate of drug-likeness (QED) is 0.0136. The second kappa shape index (κ2) is 41.4. The van der Waals surface area contributed by atoms with Crippen LogP contribution in [0.5, 0.6) is 0 Å². The first-order valence-corrected chi connectivity index (χ1v) is 45.7. The first-order chi connectivity index (χ1) is 56.4. The Morgan fingerprint density at radius 2 is 1.00 bits per heavy atom. The van der Waals surface area contributed by atoms with Gasteiger partial charge in [0.15, 0.2) is 0 Å². The Balaban J connectivity index is 0.000000188. The molecule has 4 amide bonds. The van der Waals surface area contributed by atoms with Crippen LogP contribution in [0.15, 0.2) is 84.0 Å². The number of hydrogen-bond acceptors (Lipinski definition) is 17. The summed E-state index contributed by atoms with van der Waals surface area (Å²) in [6.07, 6.45) is 36.8. The third-order valence-corrected chi connectivity index (χ3v) is 33.0. The number of benzene rings is 2. The molecule has 16 rings (SSSR count). The van der Waals surface area contributed by atoms with Gasteiger partial charge in [0.1, 0.15) is 6.29 Å². The standard InChI is InChI=1S/C45H67N3O4.C28H43NO2.C17H24N2O3.C4H6O4.C2H3BO2.CH4.Na/c1-30-25-38-41(48(28-30)24-23-47-39(50)13-9-6-10-22-46-40(51)17-14-32-11-7-5-8-12-32)31(2)45(52-38)21-19-36-35-16-15-33-26-34(49)18-20-42(33,3)37(35)27-44(36)29-43(44,45)4;1-16-11-23-24(29-14-16)17(2)28(31-23)10-8-21-20-6-5-18-12-19(30)7-9-25(18,3)22(20)13-27(21)15-26(27,28)4;20-14-13-19-16(21)9-5-2-6-12-18-17(22)11-10-15-7-3-1-4-8-15;1-3(5)7-8-4(2)6;1-2(4)5-3;;/h5,7-8,11-12,15,30-31,34-38,41,49H,6,9-10,13-14,16-29H2,1-4H3,(H,46,51)(H,47,50);5,16-17,19-24,29-30H,6-15H2,1-4H3;1,3-4,7-8,14H,2,5-6,9-13H2,(H,18,22)(H,19,21);1-2H3;1H3;1H4;/q;;;;-1;;+1/t30-,31+,34-,35-,36-,37-,38+,41-,42-,43?,44?,45+;16-,17+,19-,20-,21-,22-,23+,24-,25-,26?,27?,28+;;;;;/m00...../s1. The number of nitrogens with one attached hydrogen (secondary N) is 5. The van der Waals surface area contributed by atoms with Crippen LogP contribution >= 0.6 is 0 Å². The minimum atomic E-state index is -0.639. The van der Waals surface area contributed by atoms with Crippen molar-refractivity contribution < 1.29 is 102 Å². The molecule has 14 aliphatic rings. The van der Waals surface area contributed by atoms with Crippen molar-refractivity contribution in [2.24, 2.45) is 91.7 Å². The van der Waals surface area contributed by atoms with E-state index in [-0.39, 0.29) is 108 Å². The van der Waals surface area contributed by atoms with Crippen LogP contribution < -0.4 is 56.1 Å². The average molecular weight is 1670 g/mol. The van der Waals surface area contributed by atoms with Crippen LogP contribution in [0.4, 0.5) is 0 Å². The molecule has 4 heterocycles. The number of aldehydes is 1. The largest absolute Gasteiger partial charge is 1.00 e. The molecule has 0 aromatic heterocycles. The Morgan fingerprint density at radius 3 is 1.47 bits per heavy atom. The van der Waals surface area contributed by atoms with Crippen molar-refractivity contribution in [1.29, 1.82) is 0 Å². The second-order valence-corrected chi connectivity index (χ2v) is 39.8. The second-order valence-electron chi connectivity index (χ2n) is 39.8.